The van der Waals surface area contributed by atoms with E-state index < -0.39 is 22.2 Å². The predicted octanol–water partition coefficient (Wildman–Crippen LogP) is 2.24. The molecular formula is C9H8FNO3. The fraction of sp³-hybridized carbons (Fsp3) is 0.222. The van der Waals surface area contributed by atoms with Gasteiger partial charge < -0.3 is 0 Å². The summed E-state index contributed by atoms with van der Waals surface area (Å²) in [5.41, 5.74) is -0.472. The van der Waals surface area contributed by atoms with Crippen molar-refractivity contribution >= 4 is 11.5 Å². The third kappa shape index (κ3) is 1.61. The lowest BCUT2D eigenvalue weighted by Gasteiger charge is -2.03. The minimum absolute atomic E-state index is 0.209. The lowest BCUT2D eigenvalue weighted by Crippen LogP contribution is -2.04. The summed E-state index contributed by atoms with van der Waals surface area (Å²) in [6, 6.07) is 2.41. The number of benzene rings is 1. The van der Waals surface area contributed by atoms with Crippen molar-refractivity contribution in [3.8, 4) is 0 Å². The number of hydrogen-bond donors (Lipinski definition) is 0. The number of carbonyl (C=O) groups is 1. The van der Waals surface area contributed by atoms with Crippen molar-refractivity contribution in [2.45, 2.75) is 13.8 Å². The first-order chi connectivity index (χ1) is 6.45. The zero-order valence-electron chi connectivity index (χ0n) is 7.70. The van der Waals surface area contributed by atoms with Crippen LogP contribution in [0.25, 0.3) is 0 Å². The van der Waals surface area contributed by atoms with Gasteiger partial charge in [0.1, 0.15) is 0 Å². The molecule has 1 rings (SSSR count). The Kier molecular flexibility index (Phi) is 2.60. The van der Waals surface area contributed by atoms with Gasteiger partial charge in [-0.1, -0.05) is 6.07 Å². The van der Waals surface area contributed by atoms with Crippen LogP contribution in [0.5, 0.6) is 0 Å². The van der Waals surface area contributed by atoms with Crippen molar-refractivity contribution < 1.29 is 14.1 Å². The van der Waals surface area contributed by atoms with Crippen LogP contribution in [0.3, 0.4) is 0 Å². The molecule has 0 unspecified atom stereocenters. The first kappa shape index (κ1) is 10.3. The monoisotopic (exact) mass is 197 g/mol. The quantitative estimate of drug-likeness (QED) is 0.415. The topological polar surface area (TPSA) is 60.2 Å². The Labute approximate surface area is 79.5 Å². The molecule has 0 fully saturated rings. The molecule has 1 aromatic carbocycles. The summed E-state index contributed by atoms with van der Waals surface area (Å²) >= 11 is 0. The molecule has 0 atom stereocenters. The van der Waals surface area contributed by atoms with Crippen LogP contribution >= 0.6 is 0 Å². The summed E-state index contributed by atoms with van der Waals surface area (Å²) in [5, 5.41) is 10.4. The Balaban J connectivity index is 3.49. The van der Waals surface area contributed by atoms with Gasteiger partial charge in [-0.15, -0.1) is 0 Å². The molecule has 0 saturated carbocycles. The second kappa shape index (κ2) is 3.53. The maximum atomic E-state index is 13.4. The Bertz CT molecular complexity index is 415. The molecule has 0 aliphatic heterocycles. The van der Waals surface area contributed by atoms with Crippen molar-refractivity contribution in [2.75, 3.05) is 0 Å². The SMILES string of the molecule is CC(=O)c1c(C)ccc([N+](=O)[O-])c1F. The minimum atomic E-state index is -1.05. The maximum Gasteiger partial charge on any atom is 0.305 e. The van der Waals surface area contributed by atoms with Gasteiger partial charge in [-0.2, -0.15) is 4.39 Å². The van der Waals surface area contributed by atoms with E-state index >= 15 is 0 Å². The number of halogens is 1. The van der Waals surface area contributed by atoms with Crippen LogP contribution in [0.15, 0.2) is 12.1 Å². The van der Waals surface area contributed by atoms with Crippen LogP contribution in [-0.4, -0.2) is 10.7 Å². The van der Waals surface area contributed by atoms with E-state index in [1.807, 2.05) is 0 Å². The van der Waals surface area contributed by atoms with Crippen molar-refractivity contribution in [2.24, 2.45) is 0 Å². The highest BCUT2D eigenvalue weighted by atomic mass is 19.1. The molecule has 0 radical (unpaired) electrons. The number of nitro groups is 1. The second-order valence-corrected chi connectivity index (χ2v) is 2.90. The number of hydrogen-bond acceptors (Lipinski definition) is 3. The molecule has 0 spiro atoms. The van der Waals surface area contributed by atoms with Gasteiger partial charge in [-0.05, 0) is 19.4 Å². The van der Waals surface area contributed by atoms with Crippen molar-refractivity contribution in [3.63, 3.8) is 0 Å². The Morgan fingerprint density at radius 1 is 1.50 bits per heavy atom. The van der Waals surface area contributed by atoms with Crippen LogP contribution in [0, 0.1) is 22.9 Å². The van der Waals surface area contributed by atoms with Crippen LogP contribution in [0.1, 0.15) is 22.8 Å². The normalized spacial score (nSPS) is 9.93. The first-order valence-corrected chi connectivity index (χ1v) is 3.89. The third-order valence-corrected chi connectivity index (χ3v) is 1.88. The highest BCUT2D eigenvalue weighted by molar-refractivity contribution is 5.96. The molecule has 0 saturated heterocycles. The van der Waals surface area contributed by atoms with E-state index in [-0.39, 0.29) is 5.56 Å². The van der Waals surface area contributed by atoms with E-state index in [0.29, 0.717) is 5.56 Å². The van der Waals surface area contributed by atoms with Crippen LogP contribution in [0.4, 0.5) is 10.1 Å². The molecular weight excluding hydrogens is 189 g/mol. The molecule has 0 amide bonds. The molecule has 74 valence electrons. The smallest absolute Gasteiger partial charge is 0.294 e. The van der Waals surface area contributed by atoms with E-state index in [1.54, 1.807) is 0 Å². The van der Waals surface area contributed by atoms with E-state index in [9.17, 15) is 19.3 Å². The van der Waals surface area contributed by atoms with Gasteiger partial charge in [0.25, 0.3) is 0 Å². The second-order valence-electron chi connectivity index (χ2n) is 2.90. The van der Waals surface area contributed by atoms with Crippen molar-refractivity contribution in [3.05, 3.63) is 39.2 Å². The first-order valence-electron chi connectivity index (χ1n) is 3.89. The predicted molar refractivity (Wildman–Crippen MR) is 47.8 cm³/mol. The van der Waals surface area contributed by atoms with Gasteiger partial charge in [0, 0.05) is 6.07 Å². The number of nitrogens with zero attached hydrogens (tertiary/aromatic N) is 1. The Morgan fingerprint density at radius 2 is 2.07 bits per heavy atom. The molecule has 0 bridgehead atoms. The summed E-state index contributed by atoms with van der Waals surface area (Å²) < 4.78 is 13.4. The Hall–Kier alpha value is -1.78. The maximum absolute atomic E-state index is 13.4. The average molecular weight is 197 g/mol. The fourth-order valence-corrected chi connectivity index (χ4v) is 1.23. The summed E-state index contributed by atoms with van der Waals surface area (Å²) in [5.74, 6) is -1.56. The van der Waals surface area contributed by atoms with Crippen molar-refractivity contribution in [1.82, 2.24) is 0 Å². The summed E-state index contributed by atoms with van der Waals surface area (Å²) in [6.07, 6.45) is 0. The van der Waals surface area contributed by atoms with Gasteiger partial charge in [0.15, 0.2) is 5.78 Å². The van der Waals surface area contributed by atoms with Crippen LogP contribution in [-0.2, 0) is 0 Å². The largest absolute Gasteiger partial charge is 0.305 e. The van der Waals surface area contributed by atoms with Gasteiger partial charge in [-0.25, -0.2) is 0 Å². The van der Waals surface area contributed by atoms with Crippen LogP contribution < -0.4 is 0 Å². The van der Waals surface area contributed by atoms with Gasteiger partial charge in [0.2, 0.25) is 5.82 Å². The highest BCUT2D eigenvalue weighted by Crippen LogP contribution is 2.23. The number of Topliss-reactive ketones (excluding diaryl/α,β-unsaturated/α-hetero) is 1. The molecule has 0 N–H and O–H groups in total. The average Bonchev–Trinajstić information content (AvgIpc) is 2.02. The number of aryl methyl sites for hydroxylation is 1. The summed E-state index contributed by atoms with van der Waals surface area (Å²) in [7, 11) is 0. The lowest BCUT2D eigenvalue weighted by molar-refractivity contribution is -0.387. The standard InChI is InChI=1S/C9H8FNO3/c1-5-3-4-7(11(13)14)9(10)8(5)6(2)12/h3-4H,1-2H3. The lowest BCUT2D eigenvalue weighted by atomic mass is 10.0. The number of nitro benzene ring substituents is 1. The molecule has 5 heteroatoms. The minimum Gasteiger partial charge on any atom is -0.294 e. The third-order valence-electron chi connectivity index (χ3n) is 1.88. The molecule has 0 aliphatic carbocycles. The fourth-order valence-electron chi connectivity index (χ4n) is 1.23. The molecule has 1 aromatic rings. The number of carbonyl (C=O) groups excluding carboxylic acids is 1. The molecule has 14 heavy (non-hydrogen) atoms. The highest BCUT2D eigenvalue weighted by Gasteiger charge is 2.21. The van der Waals surface area contributed by atoms with Crippen LogP contribution in [0.2, 0.25) is 0 Å². The van der Waals surface area contributed by atoms with Crippen molar-refractivity contribution in [1.29, 1.82) is 0 Å². The van der Waals surface area contributed by atoms with E-state index in [2.05, 4.69) is 0 Å². The molecule has 4 nitrogen and oxygen atoms in total. The summed E-state index contributed by atoms with van der Waals surface area (Å²) in [6.45, 7) is 2.71. The zero-order valence-corrected chi connectivity index (χ0v) is 7.70. The Morgan fingerprint density at radius 3 is 2.50 bits per heavy atom. The summed E-state index contributed by atoms with van der Waals surface area (Å²) in [4.78, 5) is 20.5. The van der Waals surface area contributed by atoms with Gasteiger partial charge in [-0.3, -0.25) is 14.9 Å². The van der Waals surface area contributed by atoms with E-state index in [0.717, 1.165) is 6.07 Å². The number of ketones is 1. The number of rotatable bonds is 2. The zero-order chi connectivity index (χ0) is 10.9. The van der Waals surface area contributed by atoms with E-state index in [1.165, 1.54) is 19.9 Å². The molecule has 0 aliphatic rings. The van der Waals surface area contributed by atoms with Gasteiger partial charge >= 0.3 is 5.69 Å². The van der Waals surface area contributed by atoms with Gasteiger partial charge in [0.05, 0.1) is 10.5 Å². The molecule has 0 heterocycles. The van der Waals surface area contributed by atoms with E-state index in [4.69, 9.17) is 0 Å². The molecule has 0 aromatic heterocycles.